The molecule has 0 aliphatic heterocycles. The van der Waals surface area contributed by atoms with Gasteiger partial charge in [0.15, 0.2) is 0 Å². The number of para-hydroxylation sites is 1. The first-order chi connectivity index (χ1) is 10.8. The standard InChI is InChI=1S/C10H10N2.C9H7N/c1-8-7-10(12-11-8)9-5-3-2-4-6-9;1-2-6-9-8(4-1)5-3-7-10-9/h2-7H,1H3,(H,11,12);1-7H. The molecule has 2 aromatic carbocycles. The van der Waals surface area contributed by atoms with Crippen LogP contribution in [0, 0.1) is 6.92 Å². The van der Waals surface area contributed by atoms with Crippen molar-refractivity contribution in [3.8, 4) is 11.3 Å². The molecule has 3 heteroatoms. The smallest absolute Gasteiger partial charge is 0.0923 e. The Morgan fingerprint density at radius 3 is 2.27 bits per heavy atom. The molecule has 2 heterocycles. The number of rotatable bonds is 1. The van der Waals surface area contributed by atoms with Crippen LogP contribution in [-0.2, 0) is 0 Å². The van der Waals surface area contributed by atoms with Crippen LogP contribution < -0.4 is 0 Å². The van der Waals surface area contributed by atoms with Gasteiger partial charge in [0.1, 0.15) is 0 Å². The summed E-state index contributed by atoms with van der Waals surface area (Å²) in [6.07, 6.45) is 1.81. The lowest BCUT2D eigenvalue weighted by Gasteiger charge is -1.92. The molecular weight excluding hydrogens is 270 g/mol. The highest BCUT2D eigenvalue weighted by molar-refractivity contribution is 5.77. The summed E-state index contributed by atoms with van der Waals surface area (Å²) in [6, 6.07) is 24.3. The second kappa shape index (κ2) is 6.68. The molecule has 0 aliphatic carbocycles. The maximum atomic E-state index is 4.18. The van der Waals surface area contributed by atoms with Crippen LogP contribution in [-0.4, -0.2) is 15.2 Å². The van der Waals surface area contributed by atoms with Crippen molar-refractivity contribution in [3.05, 3.63) is 84.7 Å². The van der Waals surface area contributed by atoms with E-state index in [9.17, 15) is 0 Å². The molecule has 3 nitrogen and oxygen atoms in total. The van der Waals surface area contributed by atoms with Crippen molar-refractivity contribution in [2.45, 2.75) is 6.92 Å². The molecule has 4 rings (SSSR count). The molecule has 1 N–H and O–H groups in total. The van der Waals surface area contributed by atoms with Gasteiger partial charge in [-0.15, -0.1) is 0 Å². The number of pyridine rings is 1. The maximum Gasteiger partial charge on any atom is 0.0923 e. The first kappa shape index (κ1) is 14.0. The molecule has 0 saturated heterocycles. The topological polar surface area (TPSA) is 41.6 Å². The third kappa shape index (κ3) is 3.38. The van der Waals surface area contributed by atoms with Gasteiger partial charge < -0.3 is 0 Å². The molecular formula is C19H17N3. The summed E-state index contributed by atoms with van der Waals surface area (Å²) in [5.41, 5.74) is 4.31. The molecule has 0 radical (unpaired) electrons. The van der Waals surface area contributed by atoms with Crippen LogP contribution in [0.5, 0.6) is 0 Å². The van der Waals surface area contributed by atoms with Gasteiger partial charge in [-0.05, 0) is 25.1 Å². The highest BCUT2D eigenvalue weighted by atomic mass is 15.1. The van der Waals surface area contributed by atoms with Gasteiger partial charge in [-0.25, -0.2) is 0 Å². The molecule has 0 atom stereocenters. The fraction of sp³-hybridized carbons (Fsp3) is 0.0526. The number of benzene rings is 2. The zero-order chi connectivity index (χ0) is 15.2. The van der Waals surface area contributed by atoms with E-state index in [2.05, 4.69) is 39.4 Å². The van der Waals surface area contributed by atoms with Crippen LogP contribution >= 0.6 is 0 Å². The lowest BCUT2D eigenvalue weighted by atomic mass is 10.1. The van der Waals surface area contributed by atoms with Crippen LogP contribution in [0.3, 0.4) is 0 Å². The summed E-state index contributed by atoms with van der Waals surface area (Å²) in [7, 11) is 0. The van der Waals surface area contributed by atoms with Crippen LogP contribution in [0.1, 0.15) is 5.69 Å². The Labute approximate surface area is 129 Å². The predicted molar refractivity (Wildman–Crippen MR) is 90.5 cm³/mol. The lowest BCUT2D eigenvalue weighted by Crippen LogP contribution is -1.75. The van der Waals surface area contributed by atoms with E-state index in [0.717, 1.165) is 22.5 Å². The van der Waals surface area contributed by atoms with E-state index < -0.39 is 0 Å². The SMILES string of the molecule is Cc1cc(-c2ccccc2)n[nH]1.c1ccc2ncccc2c1. The summed E-state index contributed by atoms with van der Waals surface area (Å²) >= 11 is 0. The molecule has 0 amide bonds. The summed E-state index contributed by atoms with van der Waals surface area (Å²) in [4.78, 5) is 4.18. The highest BCUT2D eigenvalue weighted by Gasteiger charge is 1.98. The van der Waals surface area contributed by atoms with Crippen LogP contribution in [0.4, 0.5) is 0 Å². The van der Waals surface area contributed by atoms with Gasteiger partial charge >= 0.3 is 0 Å². The third-order valence-corrected chi connectivity index (χ3v) is 3.29. The molecule has 4 aromatic rings. The minimum atomic E-state index is 1.01. The van der Waals surface area contributed by atoms with Gasteiger partial charge in [-0.1, -0.05) is 54.6 Å². The van der Waals surface area contributed by atoms with E-state index in [4.69, 9.17) is 0 Å². The minimum Gasteiger partial charge on any atom is -0.282 e. The number of hydrogen-bond acceptors (Lipinski definition) is 2. The molecule has 0 unspecified atom stereocenters. The van der Waals surface area contributed by atoms with Crippen LogP contribution in [0.25, 0.3) is 22.2 Å². The van der Waals surface area contributed by atoms with Crippen molar-refractivity contribution in [2.75, 3.05) is 0 Å². The highest BCUT2D eigenvalue weighted by Crippen LogP contribution is 2.15. The number of aryl methyl sites for hydroxylation is 1. The van der Waals surface area contributed by atoms with Gasteiger partial charge in [0.2, 0.25) is 0 Å². The second-order valence-corrected chi connectivity index (χ2v) is 5.00. The Morgan fingerprint density at radius 1 is 0.818 bits per heavy atom. The maximum absolute atomic E-state index is 4.18. The summed E-state index contributed by atoms with van der Waals surface area (Å²) in [5.74, 6) is 0. The quantitative estimate of drug-likeness (QED) is 0.555. The Balaban J connectivity index is 0.000000133. The van der Waals surface area contributed by atoms with Gasteiger partial charge in [-0.3, -0.25) is 10.1 Å². The van der Waals surface area contributed by atoms with E-state index in [1.54, 1.807) is 0 Å². The van der Waals surface area contributed by atoms with Crippen molar-refractivity contribution in [2.24, 2.45) is 0 Å². The van der Waals surface area contributed by atoms with E-state index in [0.29, 0.717) is 0 Å². The minimum absolute atomic E-state index is 1.01. The van der Waals surface area contributed by atoms with E-state index >= 15 is 0 Å². The summed E-state index contributed by atoms with van der Waals surface area (Å²) in [5, 5.41) is 8.28. The fourth-order valence-corrected chi connectivity index (χ4v) is 2.19. The average molecular weight is 287 g/mol. The fourth-order valence-electron chi connectivity index (χ4n) is 2.19. The molecule has 22 heavy (non-hydrogen) atoms. The lowest BCUT2D eigenvalue weighted by molar-refractivity contribution is 1.05. The molecule has 0 fully saturated rings. The van der Waals surface area contributed by atoms with E-state index in [1.807, 2.05) is 61.7 Å². The molecule has 0 spiro atoms. The van der Waals surface area contributed by atoms with E-state index in [1.165, 1.54) is 5.39 Å². The second-order valence-electron chi connectivity index (χ2n) is 5.00. The van der Waals surface area contributed by atoms with Gasteiger partial charge in [0.25, 0.3) is 0 Å². The van der Waals surface area contributed by atoms with Gasteiger partial charge in [0, 0.05) is 22.8 Å². The Kier molecular flexibility index (Phi) is 4.25. The van der Waals surface area contributed by atoms with Crippen molar-refractivity contribution in [3.63, 3.8) is 0 Å². The number of nitrogens with zero attached hydrogens (tertiary/aromatic N) is 2. The number of hydrogen-bond donors (Lipinski definition) is 1. The normalized spacial score (nSPS) is 10.0. The van der Waals surface area contributed by atoms with Crippen molar-refractivity contribution in [1.82, 2.24) is 15.2 Å². The van der Waals surface area contributed by atoms with Crippen molar-refractivity contribution < 1.29 is 0 Å². The zero-order valence-electron chi connectivity index (χ0n) is 12.4. The number of H-pyrrole nitrogens is 1. The van der Waals surface area contributed by atoms with Gasteiger partial charge in [-0.2, -0.15) is 5.10 Å². The summed E-state index contributed by atoms with van der Waals surface area (Å²) < 4.78 is 0. The van der Waals surface area contributed by atoms with Crippen molar-refractivity contribution in [1.29, 1.82) is 0 Å². The first-order valence-corrected chi connectivity index (χ1v) is 7.20. The van der Waals surface area contributed by atoms with Gasteiger partial charge in [0.05, 0.1) is 11.2 Å². The monoisotopic (exact) mass is 287 g/mol. The Morgan fingerprint density at radius 2 is 1.55 bits per heavy atom. The van der Waals surface area contributed by atoms with E-state index in [-0.39, 0.29) is 0 Å². The molecule has 108 valence electrons. The number of aromatic amines is 1. The Hall–Kier alpha value is -2.94. The van der Waals surface area contributed by atoms with Crippen LogP contribution in [0.2, 0.25) is 0 Å². The predicted octanol–water partition coefficient (Wildman–Crippen LogP) is 4.62. The average Bonchev–Trinajstić information content (AvgIpc) is 3.03. The van der Waals surface area contributed by atoms with Crippen molar-refractivity contribution >= 4 is 10.9 Å². The number of aromatic nitrogens is 3. The number of nitrogens with one attached hydrogen (secondary N) is 1. The van der Waals surface area contributed by atoms with Crippen LogP contribution in [0.15, 0.2) is 79.0 Å². The molecule has 0 aliphatic rings. The molecule has 2 aromatic heterocycles. The summed E-state index contributed by atoms with van der Waals surface area (Å²) in [6.45, 7) is 2.00. The largest absolute Gasteiger partial charge is 0.282 e. The third-order valence-electron chi connectivity index (χ3n) is 3.29. The zero-order valence-corrected chi connectivity index (χ0v) is 12.4. The molecule has 0 saturated carbocycles. The first-order valence-electron chi connectivity index (χ1n) is 7.20. The Bertz CT molecular complexity index is 785. The number of fused-ring (bicyclic) bond motifs is 1. The molecule has 0 bridgehead atoms.